The molecule has 4 heteroatoms. The standard InChI is InChI=1S/C14H23N3S/c1-11(2)17(9-12-4-3-7-18-12)10-14(5-6-14)8-13(15)16/h3-4,7,11H,5-6,8-10H2,1-2H3,(H3,15,16). The minimum Gasteiger partial charge on any atom is -0.388 e. The lowest BCUT2D eigenvalue weighted by Gasteiger charge is -2.30. The van der Waals surface area contributed by atoms with Crippen molar-refractivity contribution >= 4 is 17.2 Å². The monoisotopic (exact) mass is 265 g/mol. The number of nitrogens with two attached hydrogens (primary N) is 1. The maximum atomic E-state index is 7.50. The summed E-state index contributed by atoms with van der Waals surface area (Å²) in [4.78, 5) is 3.93. The molecule has 3 N–H and O–H groups in total. The van der Waals surface area contributed by atoms with Crippen LogP contribution in [0.15, 0.2) is 17.5 Å². The summed E-state index contributed by atoms with van der Waals surface area (Å²) in [5.74, 6) is 0.340. The van der Waals surface area contributed by atoms with Crippen LogP contribution in [-0.2, 0) is 6.54 Å². The fourth-order valence-electron chi connectivity index (χ4n) is 2.43. The summed E-state index contributed by atoms with van der Waals surface area (Å²) < 4.78 is 0. The summed E-state index contributed by atoms with van der Waals surface area (Å²) in [5.41, 5.74) is 5.87. The Labute approximate surface area is 114 Å². The highest BCUT2D eigenvalue weighted by molar-refractivity contribution is 7.09. The summed E-state index contributed by atoms with van der Waals surface area (Å²) in [7, 11) is 0. The first-order valence-corrected chi connectivity index (χ1v) is 7.48. The van der Waals surface area contributed by atoms with Crippen LogP contribution in [0.25, 0.3) is 0 Å². The zero-order valence-corrected chi connectivity index (χ0v) is 12.1. The Kier molecular flexibility index (Phi) is 4.07. The first kappa shape index (κ1) is 13.6. The molecule has 0 spiro atoms. The van der Waals surface area contributed by atoms with Crippen molar-refractivity contribution in [3.63, 3.8) is 0 Å². The molecule has 0 bridgehead atoms. The van der Waals surface area contributed by atoms with Crippen LogP contribution in [-0.4, -0.2) is 23.3 Å². The van der Waals surface area contributed by atoms with E-state index in [4.69, 9.17) is 11.1 Å². The lowest BCUT2D eigenvalue weighted by Crippen LogP contribution is -2.36. The third-order valence-corrected chi connectivity index (χ3v) is 4.59. The SMILES string of the molecule is CC(C)N(Cc1cccs1)CC1(CC(=N)N)CC1. The average molecular weight is 265 g/mol. The van der Waals surface area contributed by atoms with Gasteiger partial charge in [0.05, 0.1) is 5.84 Å². The van der Waals surface area contributed by atoms with Crippen molar-refractivity contribution in [3.05, 3.63) is 22.4 Å². The molecular weight excluding hydrogens is 242 g/mol. The molecule has 18 heavy (non-hydrogen) atoms. The third kappa shape index (κ3) is 3.56. The molecule has 1 aromatic rings. The van der Waals surface area contributed by atoms with Gasteiger partial charge in [-0.2, -0.15) is 0 Å². The fourth-order valence-corrected chi connectivity index (χ4v) is 3.16. The van der Waals surface area contributed by atoms with Crippen LogP contribution >= 0.6 is 11.3 Å². The van der Waals surface area contributed by atoms with Gasteiger partial charge in [0.2, 0.25) is 0 Å². The summed E-state index contributed by atoms with van der Waals surface area (Å²) >= 11 is 1.82. The summed E-state index contributed by atoms with van der Waals surface area (Å²) in [5, 5.41) is 9.63. The molecule has 0 aliphatic heterocycles. The predicted octanol–water partition coefficient (Wildman–Crippen LogP) is 3.06. The zero-order valence-electron chi connectivity index (χ0n) is 11.3. The number of amidine groups is 1. The van der Waals surface area contributed by atoms with Crippen LogP contribution in [0.3, 0.4) is 0 Å². The van der Waals surface area contributed by atoms with Crippen molar-refractivity contribution in [2.45, 2.75) is 45.7 Å². The number of thiophene rings is 1. The number of rotatable bonds is 7. The quantitative estimate of drug-likeness (QED) is 0.588. The molecule has 0 unspecified atom stereocenters. The van der Waals surface area contributed by atoms with Gasteiger partial charge < -0.3 is 5.73 Å². The van der Waals surface area contributed by atoms with E-state index in [2.05, 4.69) is 36.3 Å². The summed E-state index contributed by atoms with van der Waals surface area (Å²) in [6, 6.07) is 4.85. The molecule has 1 aliphatic rings. The Balaban J connectivity index is 1.96. The van der Waals surface area contributed by atoms with E-state index < -0.39 is 0 Å². The molecule has 1 saturated carbocycles. The van der Waals surface area contributed by atoms with E-state index in [9.17, 15) is 0 Å². The Morgan fingerprint density at radius 1 is 1.56 bits per heavy atom. The predicted molar refractivity (Wildman–Crippen MR) is 78.1 cm³/mol. The highest BCUT2D eigenvalue weighted by Gasteiger charge is 2.44. The Hall–Kier alpha value is -0.870. The van der Waals surface area contributed by atoms with Gasteiger partial charge in [-0.25, -0.2) is 0 Å². The molecule has 0 saturated heterocycles. The second kappa shape index (κ2) is 5.41. The minimum atomic E-state index is 0.299. The highest BCUT2D eigenvalue weighted by atomic mass is 32.1. The van der Waals surface area contributed by atoms with Crippen molar-refractivity contribution in [1.29, 1.82) is 5.41 Å². The van der Waals surface area contributed by atoms with E-state index in [1.54, 1.807) is 0 Å². The number of nitrogens with one attached hydrogen (secondary N) is 1. The van der Waals surface area contributed by atoms with E-state index in [0.717, 1.165) is 19.5 Å². The molecular formula is C14H23N3S. The Morgan fingerprint density at radius 3 is 2.72 bits per heavy atom. The Morgan fingerprint density at radius 2 is 2.28 bits per heavy atom. The van der Waals surface area contributed by atoms with Gasteiger partial charge in [-0.3, -0.25) is 10.3 Å². The molecule has 0 atom stereocenters. The highest BCUT2D eigenvalue weighted by Crippen LogP contribution is 2.49. The molecule has 1 fully saturated rings. The molecule has 0 radical (unpaired) electrons. The van der Waals surface area contributed by atoms with Gasteiger partial charge in [-0.05, 0) is 43.6 Å². The first-order valence-electron chi connectivity index (χ1n) is 6.60. The normalized spacial score (nSPS) is 17.3. The lowest BCUT2D eigenvalue weighted by atomic mass is 10.0. The van der Waals surface area contributed by atoms with E-state index in [1.165, 1.54) is 17.7 Å². The Bertz CT molecular complexity index is 393. The summed E-state index contributed by atoms with van der Waals surface area (Å²) in [6.45, 7) is 6.59. The van der Waals surface area contributed by atoms with Gasteiger partial charge in [0.25, 0.3) is 0 Å². The maximum absolute atomic E-state index is 7.50. The van der Waals surface area contributed by atoms with E-state index in [0.29, 0.717) is 17.3 Å². The van der Waals surface area contributed by atoms with Crippen LogP contribution in [0.2, 0.25) is 0 Å². The number of hydrogen-bond acceptors (Lipinski definition) is 3. The van der Waals surface area contributed by atoms with Gasteiger partial charge >= 0.3 is 0 Å². The molecule has 100 valence electrons. The van der Waals surface area contributed by atoms with Crippen LogP contribution in [0.1, 0.15) is 38.0 Å². The molecule has 1 aliphatic carbocycles. The molecule has 2 rings (SSSR count). The minimum absolute atomic E-state index is 0.299. The van der Waals surface area contributed by atoms with Crippen LogP contribution in [0, 0.1) is 10.8 Å². The van der Waals surface area contributed by atoms with Crippen molar-refractivity contribution in [3.8, 4) is 0 Å². The van der Waals surface area contributed by atoms with Gasteiger partial charge in [0.1, 0.15) is 0 Å². The molecule has 3 nitrogen and oxygen atoms in total. The second-order valence-electron chi connectivity index (χ2n) is 5.78. The van der Waals surface area contributed by atoms with Gasteiger partial charge in [0, 0.05) is 30.4 Å². The molecule has 1 heterocycles. The van der Waals surface area contributed by atoms with Crippen molar-refractivity contribution < 1.29 is 0 Å². The van der Waals surface area contributed by atoms with E-state index in [1.807, 2.05) is 11.3 Å². The maximum Gasteiger partial charge on any atom is 0.0911 e. The van der Waals surface area contributed by atoms with Crippen molar-refractivity contribution in [1.82, 2.24) is 4.90 Å². The second-order valence-corrected chi connectivity index (χ2v) is 6.81. The van der Waals surface area contributed by atoms with Crippen LogP contribution < -0.4 is 5.73 Å². The first-order chi connectivity index (χ1) is 8.51. The van der Waals surface area contributed by atoms with Crippen LogP contribution in [0.4, 0.5) is 0 Å². The van der Waals surface area contributed by atoms with Crippen LogP contribution in [0.5, 0.6) is 0 Å². The summed E-state index contributed by atoms with van der Waals surface area (Å²) in [6.07, 6.45) is 3.21. The van der Waals surface area contributed by atoms with Gasteiger partial charge in [-0.1, -0.05) is 6.07 Å². The molecule has 0 amide bonds. The largest absolute Gasteiger partial charge is 0.388 e. The number of nitrogens with zero attached hydrogens (tertiary/aromatic N) is 1. The average Bonchev–Trinajstić information content (AvgIpc) is 2.82. The molecule has 1 aromatic heterocycles. The van der Waals surface area contributed by atoms with E-state index >= 15 is 0 Å². The van der Waals surface area contributed by atoms with E-state index in [-0.39, 0.29) is 0 Å². The lowest BCUT2D eigenvalue weighted by molar-refractivity contribution is 0.172. The smallest absolute Gasteiger partial charge is 0.0911 e. The van der Waals surface area contributed by atoms with Crippen molar-refractivity contribution in [2.24, 2.45) is 11.1 Å². The van der Waals surface area contributed by atoms with Gasteiger partial charge in [-0.15, -0.1) is 11.3 Å². The molecule has 0 aromatic carbocycles. The fraction of sp³-hybridized carbons (Fsp3) is 0.643. The number of hydrogen-bond donors (Lipinski definition) is 2. The van der Waals surface area contributed by atoms with Crippen molar-refractivity contribution in [2.75, 3.05) is 6.54 Å². The third-order valence-electron chi connectivity index (χ3n) is 3.73. The topological polar surface area (TPSA) is 53.1 Å². The van der Waals surface area contributed by atoms with Gasteiger partial charge in [0.15, 0.2) is 0 Å². The zero-order chi connectivity index (χ0) is 13.2.